The summed E-state index contributed by atoms with van der Waals surface area (Å²) in [5.74, 6) is 0.750. The summed E-state index contributed by atoms with van der Waals surface area (Å²) in [7, 11) is -1.70. The number of nitrogens with one attached hydrogen (secondary N) is 1. The molecule has 2 heterocycles. The molecule has 1 saturated heterocycles. The van der Waals surface area contributed by atoms with Crippen LogP contribution in [0.3, 0.4) is 0 Å². The molecule has 1 aromatic heterocycles. The number of rotatable bonds is 3. The first-order chi connectivity index (χ1) is 11.4. The Labute approximate surface area is 141 Å². The first-order valence-electron chi connectivity index (χ1n) is 7.64. The molecule has 1 aromatic carbocycles. The van der Waals surface area contributed by atoms with Gasteiger partial charge in [-0.15, -0.1) is 0 Å². The van der Waals surface area contributed by atoms with Crippen molar-refractivity contribution >= 4 is 10.0 Å². The van der Waals surface area contributed by atoms with Crippen molar-refractivity contribution in [2.75, 3.05) is 26.7 Å². The summed E-state index contributed by atoms with van der Waals surface area (Å²) in [6.45, 7) is 3.09. The molecule has 1 N–H and O–H groups in total. The van der Waals surface area contributed by atoms with Crippen LogP contribution in [0.4, 0.5) is 0 Å². The molecule has 0 unspecified atom stereocenters. The van der Waals surface area contributed by atoms with Crippen LogP contribution in [0.2, 0.25) is 0 Å². The number of hydrogen-bond donors (Lipinski definition) is 1. The quantitative estimate of drug-likeness (QED) is 0.904. The highest BCUT2D eigenvalue weighted by molar-refractivity contribution is 7.89. The normalized spacial score (nSPS) is 20.0. The first-order valence-corrected chi connectivity index (χ1v) is 9.08. The van der Waals surface area contributed by atoms with Crippen molar-refractivity contribution in [3.8, 4) is 6.07 Å². The molecule has 0 spiro atoms. The number of benzene rings is 1. The van der Waals surface area contributed by atoms with Crippen LogP contribution in [-0.4, -0.2) is 54.3 Å². The second-order valence-corrected chi connectivity index (χ2v) is 7.83. The Hall–Kier alpha value is -2.21. The van der Waals surface area contributed by atoms with E-state index in [-0.39, 0.29) is 10.9 Å². The van der Waals surface area contributed by atoms with Gasteiger partial charge in [-0.1, -0.05) is 6.07 Å². The van der Waals surface area contributed by atoms with Gasteiger partial charge >= 0.3 is 0 Å². The number of hydrogen-bond acceptors (Lipinski definition) is 5. The Balaban J connectivity index is 1.94. The molecule has 3 rings (SSSR count). The van der Waals surface area contributed by atoms with E-state index in [4.69, 9.17) is 5.26 Å². The number of imidazole rings is 1. The lowest BCUT2D eigenvalue weighted by Crippen LogP contribution is -2.49. The standard InChI is InChI=1S/C16H19N5O2S/c1-12-3-4-13(10-17)9-15(12)24(22,23)21-8-7-20(2)14(11-21)16-18-5-6-19-16/h3-6,9,14H,7-8,11H2,1-2H3,(H,18,19)/t14-/m0/s1. The van der Waals surface area contributed by atoms with Crippen molar-refractivity contribution < 1.29 is 8.42 Å². The SMILES string of the molecule is Cc1ccc(C#N)cc1S(=O)(=O)N1CCN(C)[C@H](c2ncc[nH]2)C1. The van der Waals surface area contributed by atoms with E-state index in [0.29, 0.717) is 30.8 Å². The van der Waals surface area contributed by atoms with Gasteiger partial charge in [0, 0.05) is 32.0 Å². The second-order valence-electron chi connectivity index (χ2n) is 5.93. The van der Waals surface area contributed by atoms with Gasteiger partial charge < -0.3 is 4.98 Å². The van der Waals surface area contributed by atoms with Crippen LogP contribution < -0.4 is 0 Å². The fourth-order valence-corrected chi connectivity index (χ4v) is 4.60. The summed E-state index contributed by atoms with van der Waals surface area (Å²) < 4.78 is 27.6. The van der Waals surface area contributed by atoms with Gasteiger partial charge in [-0.2, -0.15) is 9.57 Å². The highest BCUT2D eigenvalue weighted by atomic mass is 32.2. The summed E-state index contributed by atoms with van der Waals surface area (Å²) in [4.78, 5) is 9.61. The summed E-state index contributed by atoms with van der Waals surface area (Å²) in [6, 6.07) is 6.63. The van der Waals surface area contributed by atoms with Gasteiger partial charge in [0.15, 0.2) is 0 Å². The van der Waals surface area contributed by atoms with Crippen molar-refractivity contribution in [1.29, 1.82) is 5.26 Å². The molecule has 0 aliphatic carbocycles. The highest BCUT2D eigenvalue weighted by Crippen LogP contribution is 2.27. The number of aromatic amines is 1. The molecule has 0 amide bonds. The molecular formula is C16H19N5O2S. The molecule has 2 aromatic rings. The van der Waals surface area contributed by atoms with Crippen molar-refractivity contribution in [3.63, 3.8) is 0 Å². The molecule has 1 aliphatic rings. The monoisotopic (exact) mass is 345 g/mol. The van der Waals surface area contributed by atoms with Crippen LogP contribution in [0, 0.1) is 18.3 Å². The summed E-state index contributed by atoms with van der Waals surface area (Å²) in [6.07, 6.45) is 3.40. The molecule has 0 bridgehead atoms. The maximum absolute atomic E-state index is 13.1. The molecule has 8 heteroatoms. The predicted molar refractivity (Wildman–Crippen MR) is 88.6 cm³/mol. The lowest BCUT2D eigenvalue weighted by Gasteiger charge is -2.37. The van der Waals surface area contributed by atoms with Crippen LogP contribution in [0.25, 0.3) is 0 Å². The first kappa shape index (κ1) is 16.6. The van der Waals surface area contributed by atoms with E-state index in [0.717, 1.165) is 5.82 Å². The number of aromatic nitrogens is 2. The number of sulfonamides is 1. The maximum atomic E-state index is 13.1. The van der Waals surface area contributed by atoms with E-state index in [1.807, 2.05) is 13.1 Å². The maximum Gasteiger partial charge on any atom is 0.243 e. The number of piperazine rings is 1. The molecule has 1 atom stereocenters. The Morgan fingerprint density at radius 1 is 1.38 bits per heavy atom. The van der Waals surface area contributed by atoms with Gasteiger partial charge in [0.05, 0.1) is 22.6 Å². The Morgan fingerprint density at radius 2 is 2.17 bits per heavy atom. The van der Waals surface area contributed by atoms with Crippen LogP contribution in [0.5, 0.6) is 0 Å². The van der Waals surface area contributed by atoms with E-state index >= 15 is 0 Å². The average molecular weight is 345 g/mol. The van der Waals surface area contributed by atoms with Crippen molar-refractivity contribution in [3.05, 3.63) is 47.5 Å². The average Bonchev–Trinajstić information content (AvgIpc) is 3.09. The Kier molecular flexibility index (Phi) is 4.41. The van der Waals surface area contributed by atoms with Crippen LogP contribution in [0.1, 0.15) is 23.0 Å². The van der Waals surface area contributed by atoms with Gasteiger partial charge in [0.25, 0.3) is 0 Å². The number of likely N-dealkylation sites (N-methyl/N-ethyl adjacent to an activating group) is 1. The zero-order valence-corrected chi connectivity index (χ0v) is 14.4. The third-order valence-electron chi connectivity index (χ3n) is 4.38. The molecule has 1 aliphatic heterocycles. The minimum Gasteiger partial charge on any atom is -0.347 e. The second kappa shape index (κ2) is 6.36. The van der Waals surface area contributed by atoms with Gasteiger partial charge in [0.2, 0.25) is 10.0 Å². The number of nitrogens with zero attached hydrogens (tertiary/aromatic N) is 4. The van der Waals surface area contributed by atoms with Crippen LogP contribution in [-0.2, 0) is 10.0 Å². The molecule has 0 saturated carbocycles. The Morgan fingerprint density at radius 3 is 2.83 bits per heavy atom. The van der Waals surface area contributed by atoms with E-state index in [1.165, 1.54) is 10.4 Å². The molecule has 126 valence electrons. The van der Waals surface area contributed by atoms with Gasteiger partial charge in [-0.25, -0.2) is 13.4 Å². The summed E-state index contributed by atoms with van der Waals surface area (Å²) in [5, 5.41) is 9.05. The largest absolute Gasteiger partial charge is 0.347 e. The van der Waals surface area contributed by atoms with E-state index in [1.54, 1.807) is 31.5 Å². The zero-order chi connectivity index (χ0) is 17.3. The smallest absolute Gasteiger partial charge is 0.243 e. The summed E-state index contributed by atoms with van der Waals surface area (Å²) >= 11 is 0. The predicted octanol–water partition coefficient (Wildman–Crippen LogP) is 1.27. The van der Waals surface area contributed by atoms with Gasteiger partial charge in [-0.3, -0.25) is 4.90 Å². The highest BCUT2D eigenvalue weighted by Gasteiger charge is 2.35. The Bertz CT molecular complexity index is 870. The fraction of sp³-hybridized carbons (Fsp3) is 0.375. The lowest BCUT2D eigenvalue weighted by atomic mass is 10.2. The third kappa shape index (κ3) is 2.94. The summed E-state index contributed by atoms with van der Waals surface area (Å²) in [5.41, 5.74) is 0.985. The third-order valence-corrected chi connectivity index (χ3v) is 6.39. The van der Waals surface area contributed by atoms with Gasteiger partial charge in [-0.05, 0) is 31.7 Å². The minimum atomic E-state index is -3.66. The van der Waals surface area contributed by atoms with Gasteiger partial charge in [0.1, 0.15) is 5.82 Å². The van der Waals surface area contributed by atoms with Crippen LogP contribution in [0.15, 0.2) is 35.5 Å². The van der Waals surface area contributed by atoms with E-state index in [2.05, 4.69) is 14.9 Å². The van der Waals surface area contributed by atoms with Crippen molar-refractivity contribution in [2.24, 2.45) is 0 Å². The number of nitriles is 1. The topological polar surface area (TPSA) is 93.1 Å². The molecular weight excluding hydrogens is 326 g/mol. The minimum absolute atomic E-state index is 0.122. The zero-order valence-electron chi connectivity index (χ0n) is 13.6. The van der Waals surface area contributed by atoms with Crippen molar-refractivity contribution in [2.45, 2.75) is 17.9 Å². The molecule has 24 heavy (non-hydrogen) atoms. The number of H-pyrrole nitrogens is 1. The molecule has 7 nitrogen and oxygen atoms in total. The van der Waals surface area contributed by atoms with E-state index < -0.39 is 10.0 Å². The molecule has 0 radical (unpaired) electrons. The number of aryl methyl sites for hydroxylation is 1. The molecule has 1 fully saturated rings. The van der Waals surface area contributed by atoms with Crippen molar-refractivity contribution in [1.82, 2.24) is 19.2 Å². The van der Waals surface area contributed by atoms with Crippen LogP contribution >= 0.6 is 0 Å². The van der Waals surface area contributed by atoms with E-state index in [9.17, 15) is 8.42 Å². The lowest BCUT2D eigenvalue weighted by molar-refractivity contribution is 0.142. The fourth-order valence-electron chi connectivity index (χ4n) is 2.91.